The number of hydrogen-bond donors (Lipinski definition) is 1. The number of likely N-dealkylation sites (tertiary alicyclic amines) is 1. The van der Waals surface area contributed by atoms with E-state index in [0.717, 1.165) is 55.5 Å². The van der Waals surface area contributed by atoms with E-state index in [0.29, 0.717) is 6.42 Å². The van der Waals surface area contributed by atoms with Crippen LogP contribution in [0, 0.1) is 20.8 Å². The van der Waals surface area contributed by atoms with Gasteiger partial charge in [-0.2, -0.15) is 0 Å². The third-order valence-corrected chi connectivity index (χ3v) is 5.39. The van der Waals surface area contributed by atoms with E-state index in [-0.39, 0.29) is 11.8 Å². The largest absolute Gasteiger partial charge is 0.327 e. The fourth-order valence-electron chi connectivity index (χ4n) is 4.13. The van der Waals surface area contributed by atoms with Gasteiger partial charge in [0.15, 0.2) is 0 Å². The summed E-state index contributed by atoms with van der Waals surface area (Å²) in [6.45, 7) is 6.83. The Bertz CT molecular complexity index is 622. The van der Waals surface area contributed by atoms with E-state index in [1.54, 1.807) is 0 Å². The van der Waals surface area contributed by atoms with Crippen LogP contribution in [-0.4, -0.2) is 28.8 Å². The topological polar surface area (TPSA) is 49.4 Å². The molecule has 2 fully saturated rings. The van der Waals surface area contributed by atoms with Gasteiger partial charge >= 0.3 is 0 Å². The van der Waals surface area contributed by atoms with Gasteiger partial charge in [0, 0.05) is 18.7 Å². The van der Waals surface area contributed by atoms with Gasteiger partial charge in [-0.05, 0) is 44.7 Å². The third kappa shape index (κ3) is 2.75. The monoisotopic (exact) mass is 314 g/mol. The molecule has 1 N–H and O–H groups in total. The highest BCUT2D eigenvalue weighted by molar-refractivity contribution is 6.02. The highest BCUT2D eigenvalue weighted by atomic mass is 16.2. The van der Waals surface area contributed by atoms with Crippen LogP contribution in [0.5, 0.6) is 0 Å². The van der Waals surface area contributed by atoms with Crippen LogP contribution in [0.2, 0.25) is 0 Å². The Balaban J connectivity index is 1.89. The molecule has 124 valence electrons. The number of benzene rings is 1. The lowest BCUT2D eigenvalue weighted by Crippen LogP contribution is -2.64. The second kappa shape index (κ2) is 5.99. The Labute approximate surface area is 138 Å². The van der Waals surface area contributed by atoms with Crippen LogP contribution in [0.25, 0.3) is 0 Å². The average molecular weight is 314 g/mol. The van der Waals surface area contributed by atoms with Crippen molar-refractivity contribution in [2.75, 3.05) is 11.9 Å². The lowest BCUT2D eigenvalue weighted by atomic mass is 9.77. The Morgan fingerprint density at radius 3 is 2.17 bits per heavy atom. The van der Waals surface area contributed by atoms with Gasteiger partial charge in [0.25, 0.3) is 0 Å². The van der Waals surface area contributed by atoms with Gasteiger partial charge in [0.05, 0.1) is 0 Å². The average Bonchev–Trinajstić information content (AvgIpc) is 2.50. The lowest BCUT2D eigenvalue weighted by molar-refractivity contribution is -0.157. The zero-order chi connectivity index (χ0) is 16.6. The molecule has 1 aromatic carbocycles. The minimum atomic E-state index is -0.628. The first-order chi connectivity index (χ1) is 10.9. The molecule has 1 saturated carbocycles. The SMILES string of the molecule is Cc1cc(C)c(NC(=O)C2(N3CCC3=O)CCCCC2)c(C)c1. The number of hydrogen-bond acceptors (Lipinski definition) is 2. The van der Waals surface area contributed by atoms with E-state index in [1.165, 1.54) is 5.56 Å². The molecule has 23 heavy (non-hydrogen) atoms. The number of β-lactam (4-membered cyclic amide) rings is 1. The number of carbonyl (C=O) groups excluding carboxylic acids is 2. The van der Waals surface area contributed by atoms with Crippen LogP contribution in [-0.2, 0) is 9.59 Å². The molecule has 0 bridgehead atoms. The van der Waals surface area contributed by atoms with Crippen molar-refractivity contribution >= 4 is 17.5 Å². The number of carbonyl (C=O) groups is 2. The highest BCUT2D eigenvalue weighted by Crippen LogP contribution is 2.38. The molecule has 0 radical (unpaired) electrons. The van der Waals surface area contributed by atoms with Crippen molar-refractivity contribution in [1.82, 2.24) is 4.90 Å². The maximum atomic E-state index is 13.2. The Morgan fingerprint density at radius 1 is 1.09 bits per heavy atom. The Hall–Kier alpha value is -1.84. The third-order valence-electron chi connectivity index (χ3n) is 5.39. The molecule has 0 aromatic heterocycles. The van der Waals surface area contributed by atoms with E-state index in [9.17, 15) is 9.59 Å². The van der Waals surface area contributed by atoms with Crippen molar-refractivity contribution in [3.8, 4) is 0 Å². The molecule has 3 rings (SSSR count). The Kier molecular flexibility index (Phi) is 4.17. The summed E-state index contributed by atoms with van der Waals surface area (Å²) in [7, 11) is 0. The van der Waals surface area contributed by atoms with Crippen LogP contribution in [0.4, 0.5) is 5.69 Å². The summed E-state index contributed by atoms with van der Waals surface area (Å²) in [5.74, 6) is 0.125. The molecule has 0 spiro atoms. The summed E-state index contributed by atoms with van der Waals surface area (Å²) in [6, 6.07) is 4.18. The second-order valence-corrected chi connectivity index (χ2v) is 7.12. The molecule has 0 atom stereocenters. The van der Waals surface area contributed by atoms with Crippen molar-refractivity contribution in [2.24, 2.45) is 0 Å². The van der Waals surface area contributed by atoms with E-state index in [4.69, 9.17) is 0 Å². The standard InChI is InChI=1S/C19H26N2O2/c1-13-11-14(2)17(15(3)12-13)20-18(23)19(8-5-4-6-9-19)21-10-7-16(21)22/h11-12H,4-10H2,1-3H3,(H,20,23). The molecule has 1 heterocycles. The zero-order valence-electron chi connectivity index (χ0n) is 14.4. The van der Waals surface area contributed by atoms with Crippen molar-refractivity contribution < 1.29 is 9.59 Å². The molecule has 2 amide bonds. The summed E-state index contributed by atoms with van der Waals surface area (Å²) in [6.07, 6.45) is 5.34. The molecule has 1 saturated heterocycles. The molecule has 0 unspecified atom stereocenters. The summed E-state index contributed by atoms with van der Waals surface area (Å²) in [5, 5.41) is 3.15. The second-order valence-electron chi connectivity index (χ2n) is 7.12. The van der Waals surface area contributed by atoms with Crippen molar-refractivity contribution in [1.29, 1.82) is 0 Å². The van der Waals surface area contributed by atoms with Crippen LogP contribution < -0.4 is 5.32 Å². The molecule has 1 aliphatic heterocycles. The molecule has 4 heteroatoms. The molecule has 2 aliphatic rings. The van der Waals surface area contributed by atoms with Gasteiger partial charge in [0.1, 0.15) is 5.54 Å². The van der Waals surface area contributed by atoms with E-state index in [1.807, 2.05) is 18.7 Å². The predicted octanol–water partition coefficient (Wildman–Crippen LogP) is 3.49. The molecular weight excluding hydrogens is 288 g/mol. The Morgan fingerprint density at radius 2 is 1.70 bits per heavy atom. The number of nitrogens with one attached hydrogen (secondary N) is 1. The first-order valence-electron chi connectivity index (χ1n) is 8.64. The van der Waals surface area contributed by atoms with Crippen LogP contribution >= 0.6 is 0 Å². The number of rotatable bonds is 3. The fraction of sp³-hybridized carbons (Fsp3) is 0.579. The number of nitrogens with zero attached hydrogens (tertiary/aromatic N) is 1. The van der Waals surface area contributed by atoms with E-state index in [2.05, 4.69) is 24.4 Å². The van der Waals surface area contributed by atoms with E-state index >= 15 is 0 Å². The molecule has 1 aliphatic carbocycles. The van der Waals surface area contributed by atoms with Gasteiger partial charge in [-0.15, -0.1) is 0 Å². The maximum absolute atomic E-state index is 13.2. The minimum Gasteiger partial charge on any atom is -0.327 e. The summed E-state index contributed by atoms with van der Waals surface area (Å²) < 4.78 is 0. The van der Waals surface area contributed by atoms with Crippen LogP contribution in [0.1, 0.15) is 55.2 Å². The zero-order valence-corrected chi connectivity index (χ0v) is 14.4. The lowest BCUT2D eigenvalue weighted by Gasteiger charge is -2.49. The maximum Gasteiger partial charge on any atom is 0.250 e. The summed E-state index contributed by atoms with van der Waals surface area (Å²) in [5.41, 5.74) is 3.63. The van der Waals surface area contributed by atoms with Crippen LogP contribution in [0.3, 0.4) is 0 Å². The van der Waals surface area contributed by atoms with Gasteiger partial charge in [0.2, 0.25) is 11.8 Å². The van der Waals surface area contributed by atoms with Gasteiger partial charge in [-0.3, -0.25) is 9.59 Å². The number of aryl methyl sites for hydroxylation is 3. The predicted molar refractivity (Wildman–Crippen MR) is 91.4 cm³/mol. The highest BCUT2D eigenvalue weighted by Gasteiger charge is 2.49. The van der Waals surface area contributed by atoms with Crippen LogP contribution in [0.15, 0.2) is 12.1 Å². The normalized spacial score (nSPS) is 20.1. The molecule has 4 nitrogen and oxygen atoms in total. The quantitative estimate of drug-likeness (QED) is 0.868. The first-order valence-corrected chi connectivity index (χ1v) is 8.64. The fourth-order valence-corrected chi connectivity index (χ4v) is 4.13. The molecule has 1 aromatic rings. The smallest absolute Gasteiger partial charge is 0.250 e. The van der Waals surface area contributed by atoms with Gasteiger partial charge in [-0.1, -0.05) is 37.0 Å². The van der Waals surface area contributed by atoms with E-state index < -0.39 is 5.54 Å². The van der Waals surface area contributed by atoms with Gasteiger partial charge < -0.3 is 10.2 Å². The first kappa shape index (κ1) is 16.0. The van der Waals surface area contributed by atoms with Crippen molar-refractivity contribution in [2.45, 2.75) is 64.8 Å². The van der Waals surface area contributed by atoms with Crippen molar-refractivity contribution in [3.63, 3.8) is 0 Å². The minimum absolute atomic E-state index is 0.000281. The summed E-state index contributed by atoms with van der Waals surface area (Å²) >= 11 is 0. The number of amides is 2. The summed E-state index contributed by atoms with van der Waals surface area (Å²) in [4.78, 5) is 27.0. The van der Waals surface area contributed by atoms with Gasteiger partial charge in [-0.25, -0.2) is 0 Å². The molecular formula is C19H26N2O2. The van der Waals surface area contributed by atoms with Crippen molar-refractivity contribution in [3.05, 3.63) is 28.8 Å². The number of anilines is 1.